The number of aliphatic hydroxyl groups is 1. The molecule has 2 rings (SSSR count). The summed E-state index contributed by atoms with van der Waals surface area (Å²) in [4.78, 5) is 0. The third kappa shape index (κ3) is 3.48. The molecule has 0 saturated carbocycles. The highest BCUT2D eigenvalue weighted by Gasteiger charge is 2.14. The van der Waals surface area contributed by atoms with Gasteiger partial charge in [-0.3, -0.25) is 0 Å². The summed E-state index contributed by atoms with van der Waals surface area (Å²) in [7, 11) is 0. The third-order valence-electron chi connectivity index (χ3n) is 2.99. The van der Waals surface area contributed by atoms with E-state index >= 15 is 0 Å². The molecule has 20 heavy (non-hydrogen) atoms. The number of rotatable bonds is 4. The Morgan fingerprint density at radius 3 is 2.35 bits per heavy atom. The first-order chi connectivity index (χ1) is 9.49. The zero-order chi connectivity index (χ0) is 14.7. The standard InChI is InChI=1S/C15H12Cl2F2O/c16-12-6-2-4-10(14(12)17)8-13(20)9-3-1-5-11(7-9)15(18)19/h1-7,13,15,20H,8H2. The van der Waals surface area contributed by atoms with Crippen LogP contribution in [0, 0.1) is 0 Å². The second kappa shape index (κ2) is 6.53. The van der Waals surface area contributed by atoms with Crippen molar-refractivity contribution in [2.45, 2.75) is 19.0 Å². The lowest BCUT2D eigenvalue weighted by molar-refractivity contribution is 0.149. The van der Waals surface area contributed by atoms with Crippen molar-refractivity contribution in [3.63, 3.8) is 0 Å². The van der Waals surface area contributed by atoms with Gasteiger partial charge in [0.15, 0.2) is 0 Å². The molecule has 1 N–H and O–H groups in total. The van der Waals surface area contributed by atoms with Gasteiger partial charge in [-0.2, -0.15) is 0 Å². The van der Waals surface area contributed by atoms with Crippen LogP contribution in [0.3, 0.4) is 0 Å². The molecule has 2 aromatic carbocycles. The predicted molar refractivity (Wildman–Crippen MR) is 76.5 cm³/mol. The minimum Gasteiger partial charge on any atom is -0.388 e. The van der Waals surface area contributed by atoms with Gasteiger partial charge in [0.2, 0.25) is 0 Å². The minimum atomic E-state index is -2.56. The molecule has 1 nitrogen and oxygen atoms in total. The zero-order valence-corrected chi connectivity index (χ0v) is 11.9. The van der Waals surface area contributed by atoms with E-state index in [4.69, 9.17) is 23.2 Å². The van der Waals surface area contributed by atoms with Gasteiger partial charge in [-0.15, -0.1) is 0 Å². The van der Waals surface area contributed by atoms with E-state index in [1.165, 1.54) is 18.2 Å². The zero-order valence-electron chi connectivity index (χ0n) is 10.4. The molecule has 0 aliphatic heterocycles. The Labute approximate surface area is 125 Å². The average Bonchev–Trinajstić information content (AvgIpc) is 2.44. The molecule has 1 atom stereocenters. The van der Waals surface area contributed by atoms with Crippen LogP contribution in [0.4, 0.5) is 8.78 Å². The normalized spacial score (nSPS) is 12.7. The topological polar surface area (TPSA) is 20.2 Å². The number of alkyl halides is 2. The Hall–Kier alpha value is -1.16. The van der Waals surface area contributed by atoms with Gasteiger partial charge >= 0.3 is 0 Å². The molecular weight excluding hydrogens is 305 g/mol. The number of benzene rings is 2. The van der Waals surface area contributed by atoms with Gasteiger partial charge in [0.25, 0.3) is 6.43 Å². The van der Waals surface area contributed by atoms with E-state index in [2.05, 4.69) is 0 Å². The van der Waals surface area contributed by atoms with Gasteiger partial charge in [-0.05, 0) is 23.3 Å². The van der Waals surface area contributed by atoms with Gasteiger partial charge in [-0.25, -0.2) is 8.78 Å². The largest absolute Gasteiger partial charge is 0.388 e. The maximum absolute atomic E-state index is 12.6. The molecule has 1 unspecified atom stereocenters. The summed E-state index contributed by atoms with van der Waals surface area (Å²) in [5.74, 6) is 0. The lowest BCUT2D eigenvalue weighted by atomic mass is 10.00. The molecule has 0 heterocycles. The Balaban J connectivity index is 2.21. The fourth-order valence-electron chi connectivity index (χ4n) is 1.93. The molecule has 0 spiro atoms. The highest BCUT2D eigenvalue weighted by molar-refractivity contribution is 6.42. The van der Waals surface area contributed by atoms with Crippen molar-refractivity contribution in [1.29, 1.82) is 0 Å². The third-order valence-corrected chi connectivity index (χ3v) is 3.85. The first-order valence-corrected chi connectivity index (χ1v) is 6.73. The van der Waals surface area contributed by atoms with E-state index in [9.17, 15) is 13.9 Å². The van der Waals surface area contributed by atoms with Crippen molar-refractivity contribution in [3.05, 3.63) is 69.2 Å². The van der Waals surface area contributed by atoms with Crippen LogP contribution in [-0.2, 0) is 6.42 Å². The van der Waals surface area contributed by atoms with Gasteiger partial charge < -0.3 is 5.11 Å². The Bertz CT molecular complexity index is 602. The van der Waals surface area contributed by atoms with Gasteiger partial charge in [0, 0.05) is 12.0 Å². The van der Waals surface area contributed by atoms with Crippen molar-refractivity contribution >= 4 is 23.2 Å². The monoisotopic (exact) mass is 316 g/mol. The maximum atomic E-state index is 12.6. The molecule has 106 valence electrons. The van der Waals surface area contributed by atoms with Crippen LogP contribution in [0.2, 0.25) is 10.0 Å². The number of aliphatic hydroxyl groups excluding tert-OH is 1. The first kappa shape index (κ1) is 15.2. The van der Waals surface area contributed by atoms with E-state index < -0.39 is 12.5 Å². The lowest BCUT2D eigenvalue weighted by Gasteiger charge is -2.14. The molecule has 0 fully saturated rings. The predicted octanol–water partition coefficient (Wildman–Crippen LogP) is 5.21. The maximum Gasteiger partial charge on any atom is 0.263 e. The van der Waals surface area contributed by atoms with Crippen molar-refractivity contribution in [3.8, 4) is 0 Å². The summed E-state index contributed by atoms with van der Waals surface area (Å²) in [5.41, 5.74) is 0.992. The number of hydrogen-bond donors (Lipinski definition) is 1. The summed E-state index contributed by atoms with van der Waals surface area (Å²) >= 11 is 11.9. The summed E-state index contributed by atoms with van der Waals surface area (Å²) in [6, 6.07) is 10.9. The Kier molecular flexibility index (Phi) is 4.97. The molecule has 0 bridgehead atoms. The highest BCUT2D eigenvalue weighted by atomic mass is 35.5. The van der Waals surface area contributed by atoms with Crippen molar-refractivity contribution in [2.75, 3.05) is 0 Å². The molecule has 0 amide bonds. The van der Waals surface area contributed by atoms with Crippen LogP contribution in [0.25, 0.3) is 0 Å². The number of hydrogen-bond acceptors (Lipinski definition) is 1. The molecule has 0 aromatic heterocycles. The molecule has 2 aromatic rings. The van der Waals surface area contributed by atoms with Crippen molar-refractivity contribution < 1.29 is 13.9 Å². The van der Waals surface area contributed by atoms with Crippen LogP contribution in [0.15, 0.2) is 42.5 Å². The molecule has 5 heteroatoms. The first-order valence-electron chi connectivity index (χ1n) is 5.98. The van der Waals surface area contributed by atoms with Gasteiger partial charge in [-0.1, -0.05) is 53.5 Å². The Morgan fingerprint density at radius 2 is 1.65 bits per heavy atom. The SMILES string of the molecule is OC(Cc1cccc(Cl)c1Cl)c1cccc(C(F)F)c1. The van der Waals surface area contributed by atoms with Crippen LogP contribution in [0.1, 0.15) is 29.2 Å². The van der Waals surface area contributed by atoms with Crippen LogP contribution >= 0.6 is 23.2 Å². The second-order valence-electron chi connectivity index (χ2n) is 4.40. The highest BCUT2D eigenvalue weighted by Crippen LogP contribution is 2.30. The number of halogens is 4. The van der Waals surface area contributed by atoms with Crippen molar-refractivity contribution in [1.82, 2.24) is 0 Å². The quantitative estimate of drug-likeness (QED) is 0.821. The minimum absolute atomic E-state index is 0.112. The summed E-state index contributed by atoms with van der Waals surface area (Å²) < 4.78 is 25.3. The summed E-state index contributed by atoms with van der Waals surface area (Å²) in [6.07, 6.45) is -3.26. The summed E-state index contributed by atoms with van der Waals surface area (Å²) in [6.45, 7) is 0. The summed E-state index contributed by atoms with van der Waals surface area (Å²) in [5, 5.41) is 10.9. The lowest BCUT2D eigenvalue weighted by Crippen LogP contribution is -2.03. The van der Waals surface area contributed by atoms with E-state index in [0.717, 1.165) is 0 Å². The van der Waals surface area contributed by atoms with Crippen molar-refractivity contribution in [2.24, 2.45) is 0 Å². The molecule has 0 saturated heterocycles. The van der Waals surface area contributed by atoms with E-state index in [-0.39, 0.29) is 12.0 Å². The van der Waals surface area contributed by atoms with Crippen LogP contribution in [-0.4, -0.2) is 5.11 Å². The molecule has 0 aliphatic carbocycles. The van der Waals surface area contributed by atoms with E-state index in [1.807, 2.05) is 0 Å². The second-order valence-corrected chi connectivity index (χ2v) is 5.19. The smallest absolute Gasteiger partial charge is 0.263 e. The van der Waals surface area contributed by atoms with Gasteiger partial charge in [0.1, 0.15) is 0 Å². The molecule has 0 radical (unpaired) electrons. The fraction of sp³-hybridized carbons (Fsp3) is 0.200. The Morgan fingerprint density at radius 1 is 1.00 bits per heavy atom. The fourth-order valence-corrected chi connectivity index (χ4v) is 2.33. The average molecular weight is 317 g/mol. The van der Waals surface area contributed by atoms with E-state index in [1.54, 1.807) is 24.3 Å². The van der Waals surface area contributed by atoms with Crippen LogP contribution < -0.4 is 0 Å². The molecular formula is C15H12Cl2F2O. The van der Waals surface area contributed by atoms with Crippen LogP contribution in [0.5, 0.6) is 0 Å². The molecule has 0 aliphatic rings. The van der Waals surface area contributed by atoms with E-state index in [0.29, 0.717) is 21.2 Å². The van der Waals surface area contributed by atoms with Gasteiger partial charge in [0.05, 0.1) is 16.1 Å².